The Kier molecular flexibility index (Phi) is 6.42. The van der Waals surface area contributed by atoms with E-state index in [0.29, 0.717) is 39.8 Å². The third-order valence-electron chi connectivity index (χ3n) is 5.27. The Balaban J connectivity index is 1.48. The normalized spacial score (nSPS) is 15.4. The molecule has 3 heterocycles. The molecule has 4 rings (SSSR count). The number of nitrogens with two attached hydrogens (primary N) is 1. The van der Waals surface area contributed by atoms with Gasteiger partial charge in [-0.25, -0.2) is 9.97 Å². The van der Waals surface area contributed by atoms with Crippen LogP contribution in [0.1, 0.15) is 41.2 Å². The first-order valence-corrected chi connectivity index (χ1v) is 12.1. The Hall–Kier alpha value is -3.65. The van der Waals surface area contributed by atoms with Crippen molar-refractivity contribution in [3.8, 4) is 11.6 Å². The molecule has 0 unspecified atom stereocenters. The van der Waals surface area contributed by atoms with E-state index >= 15 is 0 Å². The number of ether oxygens (including phenoxy) is 1. The number of pyridine rings is 1. The number of hydrogen-bond donors (Lipinski definition) is 6. The summed E-state index contributed by atoms with van der Waals surface area (Å²) in [6, 6.07) is 8.20. The number of nitrogens with zero attached hydrogens (tertiary/aromatic N) is 4. The van der Waals surface area contributed by atoms with E-state index in [1.54, 1.807) is 62.0 Å². The molecule has 35 heavy (non-hydrogen) atoms. The molecule has 1 aromatic carbocycles. The van der Waals surface area contributed by atoms with Crippen LogP contribution in [-0.2, 0) is 6.61 Å². The molecule has 1 amide bonds. The molecule has 0 bridgehead atoms. The fourth-order valence-corrected chi connectivity index (χ4v) is 4.45. The van der Waals surface area contributed by atoms with Gasteiger partial charge in [0.25, 0.3) is 5.91 Å². The fraction of sp³-hybridized carbons (Fsp3) is 0.273. The number of carbonyl (C=O) groups is 1. The molecule has 0 radical (unpaired) electrons. The summed E-state index contributed by atoms with van der Waals surface area (Å²) in [7, 11) is -3.40. The van der Waals surface area contributed by atoms with Gasteiger partial charge in [0.05, 0.1) is 34.8 Å². The van der Waals surface area contributed by atoms with Crippen molar-refractivity contribution < 1.29 is 23.7 Å². The van der Waals surface area contributed by atoms with Gasteiger partial charge in [0.1, 0.15) is 24.5 Å². The van der Waals surface area contributed by atoms with Crippen molar-refractivity contribution in [2.75, 3.05) is 11.3 Å². The van der Waals surface area contributed by atoms with Gasteiger partial charge in [-0.3, -0.25) is 23.2 Å². The lowest BCUT2D eigenvalue weighted by molar-refractivity contribution is 0.0880. The zero-order valence-corrected chi connectivity index (χ0v) is 20.2. The lowest BCUT2D eigenvalue weighted by Crippen LogP contribution is -2.48. The summed E-state index contributed by atoms with van der Waals surface area (Å²) >= 11 is 0. The number of carbonyl (C=O) groups excluding carboxylic acids is 1. The molecule has 0 fully saturated rings. The van der Waals surface area contributed by atoms with Crippen LogP contribution < -0.4 is 20.5 Å². The number of fused-ring (bicyclic) bond motifs is 1. The van der Waals surface area contributed by atoms with E-state index in [2.05, 4.69) is 24.4 Å². The third-order valence-corrected chi connectivity index (χ3v) is 6.22. The van der Waals surface area contributed by atoms with Crippen LogP contribution in [0.15, 0.2) is 47.3 Å². The summed E-state index contributed by atoms with van der Waals surface area (Å²) in [5.74, 6) is 0.445. The van der Waals surface area contributed by atoms with E-state index < -0.39 is 16.5 Å². The maximum atomic E-state index is 13.0. The molecule has 0 atom stereocenters. The minimum Gasteiger partial charge on any atom is -0.490 e. The van der Waals surface area contributed by atoms with Crippen molar-refractivity contribution in [2.24, 2.45) is 10.1 Å². The molecule has 0 spiro atoms. The summed E-state index contributed by atoms with van der Waals surface area (Å²) in [5.41, 5.74) is 7.59. The Morgan fingerprint density at radius 3 is 2.80 bits per heavy atom. The lowest BCUT2D eigenvalue weighted by Gasteiger charge is -2.34. The number of amidine groups is 1. The van der Waals surface area contributed by atoms with Crippen molar-refractivity contribution in [1.29, 1.82) is 0 Å². The molecule has 0 saturated carbocycles. The molecule has 186 valence electrons. The van der Waals surface area contributed by atoms with Crippen LogP contribution in [0, 0.1) is 6.92 Å². The van der Waals surface area contributed by atoms with Crippen molar-refractivity contribution >= 4 is 28.4 Å². The highest BCUT2D eigenvalue weighted by molar-refractivity contribution is 8.24. The minimum atomic E-state index is -3.40. The average molecular weight is 502 g/mol. The number of aliphatic hydroxyl groups is 1. The number of amides is 1. The van der Waals surface area contributed by atoms with Crippen LogP contribution in [0.5, 0.6) is 5.75 Å². The molecule has 0 aliphatic carbocycles. The standard InChI is InChI=1S/C22H27N7O5S/c1-13-16(10-30)29(12-25-13)18-9-14(7-8-24-18)21(31)26-22(2,3)11-34-17-6-4-5-15-19(17)20(23)28-35(32,33)27-15/h4-9,12,27,30,32-33H,10-11H2,1-3H3,(H2,23,28)(H,26,31). The molecule has 1 aliphatic heterocycles. The summed E-state index contributed by atoms with van der Waals surface area (Å²) < 4.78 is 33.5. The van der Waals surface area contributed by atoms with E-state index in [1.165, 1.54) is 6.20 Å². The Bertz CT molecular complexity index is 1310. The largest absolute Gasteiger partial charge is 0.490 e. The van der Waals surface area contributed by atoms with E-state index in [9.17, 15) is 19.0 Å². The van der Waals surface area contributed by atoms with Gasteiger partial charge in [0, 0.05) is 11.8 Å². The number of aryl methyl sites for hydroxylation is 1. The van der Waals surface area contributed by atoms with Crippen molar-refractivity contribution in [3.63, 3.8) is 0 Å². The SMILES string of the molecule is Cc1ncn(-c2cc(C(=O)NC(C)(C)COc3cccc4c3C(N)=NS(O)(O)N4)ccn2)c1CO. The summed E-state index contributed by atoms with van der Waals surface area (Å²) in [6.45, 7) is 5.27. The first-order chi connectivity index (χ1) is 16.5. The number of aliphatic hydroxyl groups excluding tert-OH is 1. The monoisotopic (exact) mass is 501 g/mol. The second kappa shape index (κ2) is 9.19. The first-order valence-electron chi connectivity index (χ1n) is 10.6. The van der Waals surface area contributed by atoms with Crippen molar-refractivity contribution in [1.82, 2.24) is 19.9 Å². The van der Waals surface area contributed by atoms with Crippen LogP contribution >= 0.6 is 11.0 Å². The highest BCUT2D eigenvalue weighted by Gasteiger charge is 2.27. The summed E-state index contributed by atoms with van der Waals surface area (Å²) in [5, 5.41) is 12.6. The zero-order chi connectivity index (χ0) is 25.4. The van der Waals surface area contributed by atoms with E-state index in [1.807, 2.05) is 0 Å². The summed E-state index contributed by atoms with van der Waals surface area (Å²) in [6.07, 6.45) is 3.06. The van der Waals surface area contributed by atoms with Gasteiger partial charge < -0.3 is 20.9 Å². The van der Waals surface area contributed by atoms with Crippen molar-refractivity contribution in [3.05, 3.63) is 65.4 Å². The quantitative estimate of drug-likeness (QED) is 0.283. The van der Waals surface area contributed by atoms with Gasteiger partial charge in [0.15, 0.2) is 5.84 Å². The topological polar surface area (TPSA) is 180 Å². The fourth-order valence-electron chi connectivity index (χ4n) is 3.57. The number of nitrogens with one attached hydrogen (secondary N) is 2. The van der Waals surface area contributed by atoms with Crippen LogP contribution in [-0.4, -0.2) is 52.6 Å². The predicted molar refractivity (Wildman–Crippen MR) is 133 cm³/mol. The van der Waals surface area contributed by atoms with E-state index in [-0.39, 0.29) is 25.0 Å². The van der Waals surface area contributed by atoms with Gasteiger partial charge in [-0.1, -0.05) is 6.07 Å². The lowest BCUT2D eigenvalue weighted by atomic mass is 10.1. The first kappa shape index (κ1) is 24.5. The van der Waals surface area contributed by atoms with Crippen LogP contribution in [0.2, 0.25) is 0 Å². The van der Waals surface area contributed by atoms with Gasteiger partial charge in [-0.2, -0.15) is 0 Å². The van der Waals surface area contributed by atoms with Gasteiger partial charge in [0.2, 0.25) is 0 Å². The molecular weight excluding hydrogens is 474 g/mol. The second-order valence-corrected chi connectivity index (χ2v) is 10.0. The molecule has 3 aromatic rings. The minimum absolute atomic E-state index is 0.0579. The zero-order valence-electron chi connectivity index (χ0n) is 19.4. The number of hydrogen-bond acceptors (Lipinski definition) is 10. The maximum Gasteiger partial charge on any atom is 0.252 e. The van der Waals surface area contributed by atoms with Gasteiger partial charge in [-0.15, -0.1) is 4.40 Å². The van der Waals surface area contributed by atoms with E-state index in [0.717, 1.165) is 0 Å². The summed E-state index contributed by atoms with van der Waals surface area (Å²) in [4.78, 5) is 21.5. The van der Waals surface area contributed by atoms with Crippen LogP contribution in [0.3, 0.4) is 0 Å². The van der Waals surface area contributed by atoms with Crippen LogP contribution in [0.25, 0.3) is 5.82 Å². The highest BCUT2D eigenvalue weighted by Crippen LogP contribution is 2.46. The third kappa shape index (κ3) is 5.22. The number of anilines is 1. The number of aromatic nitrogens is 3. The van der Waals surface area contributed by atoms with Gasteiger partial charge in [-0.05, 0) is 56.0 Å². The predicted octanol–water partition coefficient (Wildman–Crippen LogP) is 2.37. The smallest absolute Gasteiger partial charge is 0.252 e. The second-order valence-electron chi connectivity index (χ2n) is 8.61. The highest BCUT2D eigenvalue weighted by atomic mass is 32.3. The number of rotatable bonds is 7. The molecule has 1 aliphatic rings. The molecular formula is C22H27N7O5S. The average Bonchev–Trinajstić information content (AvgIpc) is 3.16. The van der Waals surface area contributed by atoms with E-state index in [4.69, 9.17) is 10.5 Å². The van der Waals surface area contributed by atoms with Crippen molar-refractivity contribution in [2.45, 2.75) is 32.9 Å². The Morgan fingerprint density at radius 2 is 2.06 bits per heavy atom. The Labute approximate surface area is 203 Å². The van der Waals surface area contributed by atoms with Crippen LogP contribution in [0.4, 0.5) is 5.69 Å². The Morgan fingerprint density at radius 1 is 1.29 bits per heavy atom. The van der Waals surface area contributed by atoms with Gasteiger partial charge >= 0.3 is 0 Å². The molecule has 12 nitrogen and oxygen atoms in total. The number of imidazole rings is 1. The molecule has 2 aromatic heterocycles. The maximum absolute atomic E-state index is 13.0. The molecule has 13 heteroatoms. The number of benzene rings is 1. The molecule has 7 N–H and O–H groups in total. The molecule has 0 saturated heterocycles.